The summed E-state index contributed by atoms with van der Waals surface area (Å²) in [5.41, 5.74) is 1.02. The number of carbonyl (C=O) groups is 3. The number of aliphatic carboxylic acids is 1. The van der Waals surface area contributed by atoms with E-state index in [1.165, 1.54) is 42.5 Å². The summed E-state index contributed by atoms with van der Waals surface area (Å²) in [5, 5.41) is 23.0. The van der Waals surface area contributed by atoms with E-state index >= 15 is 0 Å². The molecule has 164 valence electrons. The average Bonchev–Trinajstić information content (AvgIpc) is 2.90. The Kier molecular flexibility index (Phi) is 6.05. The summed E-state index contributed by atoms with van der Waals surface area (Å²) >= 11 is 12.0. The maximum absolute atomic E-state index is 13.8. The van der Waals surface area contributed by atoms with Crippen molar-refractivity contribution >= 4 is 46.7 Å². The summed E-state index contributed by atoms with van der Waals surface area (Å²) < 4.78 is 0. The summed E-state index contributed by atoms with van der Waals surface area (Å²) in [7, 11) is 0. The van der Waals surface area contributed by atoms with E-state index in [-0.39, 0.29) is 22.4 Å². The highest BCUT2D eigenvalue weighted by Gasteiger charge is 2.43. The Morgan fingerprint density at radius 1 is 1.00 bits per heavy atom. The molecule has 2 unspecified atom stereocenters. The summed E-state index contributed by atoms with van der Waals surface area (Å²) in [6.45, 7) is 0. The number of carboxylic acid groups (broad SMARTS) is 1. The minimum Gasteiger partial charge on any atom is -0.479 e. The van der Waals surface area contributed by atoms with Crippen LogP contribution >= 0.6 is 23.2 Å². The van der Waals surface area contributed by atoms with Crippen molar-refractivity contribution in [2.45, 2.75) is 12.1 Å². The molecule has 1 heterocycles. The second kappa shape index (κ2) is 8.94. The van der Waals surface area contributed by atoms with Gasteiger partial charge in [-0.2, -0.15) is 5.26 Å². The molecule has 3 aromatic carbocycles. The van der Waals surface area contributed by atoms with Crippen LogP contribution in [0.1, 0.15) is 39.1 Å². The van der Waals surface area contributed by atoms with Crippen molar-refractivity contribution in [3.8, 4) is 6.07 Å². The number of nitriles is 1. The first-order valence-corrected chi connectivity index (χ1v) is 10.5. The number of halogens is 2. The van der Waals surface area contributed by atoms with Gasteiger partial charge in [0.05, 0.1) is 22.9 Å². The van der Waals surface area contributed by atoms with E-state index in [9.17, 15) is 24.8 Å². The fraction of sp³-hybridized carbons (Fsp3) is 0.0833. The molecular weight excluding hydrogens is 465 g/mol. The standard InChI is InChI=1S/C24H15Cl2N3O4/c25-16-6-2-14(3-7-16)20-22(30)28-19-10-1-13(12-27)11-18(19)23(31)29(20)21(24(32)33)15-4-8-17(26)9-5-15/h1-11,20-21H,(H,28,30)(H,32,33). The van der Waals surface area contributed by atoms with Crippen LogP contribution in [0.4, 0.5) is 5.69 Å². The zero-order valence-corrected chi connectivity index (χ0v) is 18.3. The molecule has 3 aromatic rings. The molecule has 0 aromatic heterocycles. The molecule has 7 nitrogen and oxygen atoms in total. The van der Waals surface area contributed by atoms with Crippen molar-refractivity contribution < 1.29 is 19.5 Å². The molecule has 0 bridgehead atoms. The van der Waals surface area contributed by atoms with Gasteiger partial charge in [-0.25, -0.2) is 4.79 Å². The highest BCUT2D eigenvalue weighted by Crippen LogP contribution is 2.38. The molecule has 0 fully saturated rings. The van der Waals surface area contributed by atoms with E-state index < -0.39 is 29.9 Å². The minimum absolute atomic E-state index is 0.0130. The van der Waals surface area contributed by atoms with E-state index in [0.717, 1.165) is 4.90 Å². The van der Waals surface area contributed by atoms with Gasteiger partial charge < -0.3 is 15.3 Å². The first-order valence-electron chi connectivity index (χ1n) is 9.71. The van der Waals surface area contributed by atoms with E-state index in [2.05, 4.69) is 5.32 Å². The Morgan fingerprint density at radius 3 is 2.18 bits per heavy atom. The molecule has 0 aliphatic carbocycles. The van der Waals surface area contributed by atoms with Gasteiger partial charge in [0.25, 0.3) is 11.8 Å². The normalized spacial score (nSPS) is 16.3. The average molecular weight is 480 g/mol. The predicted octanol–water partition coefficient (Wildman–Crippen LogP) is 4.83. The molecule has 1 aliphatic heterocycles. The van der Waals surface area contributed by atoms with E-state index in [4.69, 9.17) is 23.2 Å². The van der Waals surface area contributed by atoms with Crippen molar-refractivity contribution in [1.82, 2.24) is 4.90 Å². The molecule has 0 saturated carbocycles. The minimum atomic E-state index is -1.52. The van der Waals surface area contributed by atoms with Gasteiger partial charge in [-0.3, -0.25) is 9.59 Å². The van der Waals surface area contributed by atoms with Crippen LogP contribution in [0, 0.1) is 11.3 Å². The smallest absolute Gasteiger partial charge is 0.331 e. The molecule has 1 aliphatic rings. The van der Waals surface area contributed by atoms with E-state index in [0.29, 0.717) is 15.6 Å². The van der Waals surface area contributed by atoms with Gasteiger partial charge in [0.1, 0.15) is 6.04 Å². The molecule has 2 amide bonds. The number of carbonyl (C=O) groups excluding carboxylic acids is 2. The zero-order chi connectivity index (χ0) is 23.7. The van der Waals surface area contributed by atoms with Crippen molar-refractivity contribution in [2.24, 2.45) is 0 Å². The Balaban J connectivity index is 1.96. The lowest BCUT2D eigenvalue weighted by molar-refractivity contribution is -0.144. The number of carboxylic acids is 1. The molecule has 33 heavy (non-hydrogen) atoms. The van der Waals surface area contributed by atoms with E-state index in [1.54, 1.807) is 24.3 Å². The number of hydrogen-bond donors (Lipinski definition) is 2. The quantitative estimate of drug-likeness (QED) is 0.556. The number of rotatable bonds is 4. The Labute approximate surface area is 198 Å². The van der Waals surface area contributed by atoms with E-state index in [1.807, 2.05) is 6.07 Å². The van der Waals surface area contributed by atoms with Crippen molar-refractivity contribution in [3.63, 3.8) is 0 Å². The molecular formula is C24H15Cl2N3O4. The van der Waals surface area contributed by atoms with Crippen LogP contribution in [0.2, 0.25) is 10.0 Å². The van der Waals surface area contributed by atoms with Gasteiger partial charge in [-0.15, -0.1) is 0 Å². The van der Waals surface area contributed by atoms with Gasteiger partial charge in [0.15, 0.2) is 6.04 Å². The van der Waals surface area contributed by atoms with Crippen LogP contribution in [0.15, 0.2) is 66.7 Å². The van der Waals surface area contributed by atoms with Crippen molar-refractivity contribution in [3.05, 3.63) is 99.0 Å². The van der Waals surface area contributed by atoms with Gasteiger partial charge in [0.2, 0.25) is 0 Å². The fourth-order valence-electron chi connectivity index (χ4n) is 3.77. The molecule has 0 saturated heterocycles. The Morgan fingerprint density at radius 2 is 1.61 bits per heavy atom. The third-order valence-electron chi connectivity index (χ3n) is 5.28. The lowest BCUT2D eigenvalue weighted by Crippen LogP contribution is -2.44. The SMILES string of the molecule is N#Cc1ccc2c(c1)C(=O)N(C(C(=O)O)c1ccc(Cl)cc1)C(c1ccc(Cl)cc1)C(=O)N2. The lowest BCUT2D eigenvalue weighted by atomic mass is 9.97. The highest BCUT2D eigenvalue weighted by molar-refractivity contribution is 6.30. The fourth-order valence-corrected chi connectivity index (χ4v) is 4.03. The van der Waals surface area contributed by atoms with Gasteiger partial charge in [0, 0.05) is 10.0 Å². The maximum Gasteiger partial charge on any atom is 0.331 e. The number of anilines is 1. The van der Waals surface area contributed by atoms with Crippen molar-refractivity contribution in [1.29, 1.82) is 5.26 Å². The molecule has 9 heteroatoms. The lowest BCUT2D eigenvalue weighted by Gasteiger charge is -2.34. The second-order valence-electron chi connectivity index (χ2n) is 7.32. The number of nitrogens with zero attached hydrogens (tertiary/aromatic N) is 2. The topological polar surface area (TPSA) is 110 Å². The van der Waals surface area contributed by atoms with Crippen molar-refractivity contribution in [2.75, 3.05) is 5.32 Å². The second-order valence-corrected chi connectivity index (χ2v) is 8.19. The summed E-state index contributed by atoms with van der Waals surface area (Å²) in [5.74, 6) is -2.66. The summed E-state index contributed by atoms with van der Waals surface area (Å²) in [4.78, 5) is 40.7. The number of fused-ring (bicyclic) bond motifs is 1. The van der Waals surface area contributed by atoms with Gasteiger partial charge in [-0.1, -0.05) is 47.5 Å². The van der Waals surface area contributed by atoms with Gasteiger partial charge in [-0.05, 0) is 53.6 Å². The molecule has 2 atom stereocenters. The number of hydrogen-bond acceptors (Lipinski definition) is 4. The largest absolute Gasteiger partial charge is 0.479 e. The molecule has 0 spiro atoms. The Bertz CT molecular complexity index is 1300. The van der Waals surface area contributed by atoms with Crippen LogP contribution in [0.25, 0.3) is 0 Å². The van der Waals surface area contributed by atoms with Crippen LogP contribution in [0.3, 0.4) is 0 Å². The summed E-state index contributed by atoms with van der Waals surface area (Å²) in [6, 6.07) is 15.6. The monoisotopic (exact) mass is 479 g/mol. The van der Waals surface area contributed by atoms with Crippen LogP contribution in [-0.2, 0) is 9.59 Å². The third kappa shape index (κ3) is 4.27. The van der Waals surface area contributed by atoms with Gasteiger partial charge >= 0.3 is 5.97 Å². The van der Waals surface area contributed by atoms with Crippen LogP contribution < -0.4 is 5.32 Å². The number of amides is 2. The predicted molar refractivity (Wildman–Crippen MR) is 122 cm³/mol. The maximum atomic E-state index is 13.8. The highest BCUT2D eigenvalue weighted by atomic mass is 35.5. The Hall–Kier alpha value is -3.86. The number of benzene rings is 3. The zero-order valence-electron chi connectivity index (χ0n) is 16.8. The first kappa shape index (κ1) is 22.3. The molecule has 2 N–H and O–H groups in total. The first-order chi connectivity index (χ1) is 15.8. The number of nitrogens with one attached hydrogen (secondary N) is 1. The third-order valence-corrected chi connectivity index (χ3v) is 5.79. The van der Waals surface area contributed by atoms with Crippen LogP contribution in [-0.4, -0.2) is 27.8 Å². The summed E-state index contributed by atoms with van der Waals surface area (Å²) in [6.07, 6.45) is 0. The molecule has 4 rings (SSSR count). The van der Waals surface area contributed by atoms with Crippen LogP contribution in [0.5, 0.6) is 0 Å². The molecule has 0 radical (unpaired) electrons.